The fourth-order valence-electron chi connectivity index (χ4n) is 2.90. The first-order valence-corrected chi connectivity index (χ1v) is 8.51. The second-order valence-electron chi connectivity index (χ2n) is 6.54. The molecule has 0 radical (unpaired) electrons. The maximum atomic E-state index is 12.9. The van der Waals surface area contributed by atoms with E-state index in [9.17, 15) is 9.59 Å². The highest BCUT2D eigenvalue weighted by molar-refractivity contribution is 5.98. The van der Waals surface area contributed by atoms with E-state index in [-0.39, 0.29) is 17.7 Å². The summed E-state index contributed by atoms with van der Waals surface area (Å²) >= 11 is 0. The summed E-state index contributed by atoms with van der Waals surface area (Å²) in [7, 11) is 0. The Morgan fingerprint density at radius 3 is 2.12 bits per heavy atom. The largest absolute Gasteiger partial charge is 0.285 e. The maximum Gasteiger partial charge on any atom is 0.275 e. The number of hydrogen-bond acceptors (Lipinski definition) is 4. The van der Waals surface area contributed by atoms with Crippen LogP contribution in [0.3, 0.4) is 0 Å². The van der Waals surface area contributed by atoms with E-state index in [4.69, 9.17) is 0 Å². The van der Waals surface area contributed by atoms with Crippen molar-refractivity contribution in [3.8, 4) is 0 Å². The molecule has 0 saturated carbocycles. The molecule has 0 saturated heterocycles. The lowest BCUT2D eigenvalue weighted by atomic mass is 9.93. The lowest BCUT2D eigenvalue weighted by Gasteiger charge is -2.37. The molecule has 0 bridgehead atoms. The van der Waals surface area contributed by atoms with E-state index in [0.717, 1.165) is 5.71 Å². The number of nitrogens with one attached hydrogen (secondary N) is 2. The van der Waals surface area contributed by atoms with Crippen LogP contribution in [0.25, 0.3) is 0 Å². The Hall–Kier alpha value is -2.99. The van der Waals surface area contributed by atoms with E-state index in [1.165, 1.54) is 5.01 Å². The highest BCUT2D eigenvalue weighted by atomic mass is 16.2. The SMILES string of the molecule is CC1=NN(C(=O)c2ccccc2)C(C)(NNC(=O)c2ccccc2)C1C. The van der Waals surface area contributed by atoms with Gasteiger partial charge in [-0.3, -0.25) is 15.0 Å². The molecular formula is C20H22N4O2. The van der Waals surface area contributed by atoms with Crippen LogP contribution in [0.1, 0.15) is 41.5 Å². The first kappa shape index (κ1) is 17.8. The lowest BCUT2D eigenvalue weighted by molar-refractivity contribution is 0.0339. The third-order valence-electron chi connectivity index (χ3n) is 4.85. The van der Waals surface area contributed by atoms with Crippen LogP contribution in [0.4, 0.5) is 0 Å². The Bertz CT molecular complexity index is 835. The number of rotatable bonds is 4. The van der Waals surface area contributed by atoms with Crippen molar-refractivity contribution in [3.05, 3.63) is 71.8 Å². The van der Waals surface area contributed by atoms with Crippen molar-refractivity contribution in [1.29, 1.82) is 0 Å². The number of amides is 2. The number of benzene rings is 2. The zero-order valence-corrected chi connectivity index (χ0v) is 15.1. The summed E-state index contributed by atoms with van der Waals surface area (Å²) in [4.78, 5) is 25.3. The molecule has 2 aromatic rings. The highest BCUT2D eigenvalue weighted by Gasteiger charge is 2.47. The molecule has 6 heteroatoms. The lowest BCUT2D eigenvalue weighted by Crippen LogP contribution is -2.63. The van der Waals surface area contributed by atoms with Gasteiger partial charge in [0.05, 0.1) is 0 Å². The second kappa shape index (κ2) is 7.09. The van der Waals surface area contributed by atoms with Crippen molar-refractivity contribution < 1.29 is 9.59 Å². The van der Waals surface area contributed by atoms with Crippen molar-refractivity contribution in [2.24, 2.45) is 11.0 Å². The number of carbonyl (C=O) groups excluding carboxylic acids is 2. The molecule has 134 valence electrons. The topological polar surface area (TPSA) is 73.8 Å². The van der Waals surface area contributed by atoms with Gasteiger partial charge in [-0.05, 0) is 38.1 Å². The quantitative estimate of drug-likeness (QED) is 0.833. The predicted molar refractivity (Wildman–Crippen MR) is 100 cm³/mol. The van der Waals surface area contributed by atoms with Crippen molar-refractivity contribution in [1.82, 2.24) is 15.9 Å². The molecule has 2 N–H and O–H groups in total. The van der Waals surface area contributed by atoms with Gasteiger partial charge in [0.15, 0.2) is 0 Å². The van der Waals surface area contributed by atoms with Gasteiger partial charge in [-0.2, -0.15) is 5.10 Å². The molecule has 1 aliphatic rings. The van der Waals surface area contributed by atoms with Gasteiger partial charge >= 0.3 is 0 Å². The molecule has 2 aromatic carbocycles. The van der Waals surface area contributed by atoms with Gasteiger partial charge in [-0.15, -0.1) is 0 Å². The number of nitrogens with zero attached hydrogens (tertiary/aromatic N) is 2. The van der Waals surface area contributed by atoms with Crippen LogP contribution in [0.2, 0.25) is 0 Å². The minimum Gasteiger partial charge on any atom is -0.285 e. The molecule has 2 amide bonds. The molecule has 3 rings (SSSR count). The Morgan fingerprint density at radius 1 is 1.00 bits per heavy atom. The Morgan fingerprint density at radius 2 is 1.54 bits per heavy atom. The summed E-state index contributed by atoms with van der Waals surface area (Å²) in [6.07, 6.45) is 0. The van der Waals surface area contributed by atoms with Gasteiger partial charge in [-0.25, -0.2) is 10.4 Å². The third-order valence-corrected chi connectivity index (χ3v) is 4.85. The first-order chi connectivity index (χ1) is 12.4. The third kappa shape index (κ3) is 3.23. The van der Waals surface area contributed by atoms with E-state index in [0.29, 0.717) is 11.1 Å². The van der Waals surface area contributed by atoms with Gasteiger partial charge in [-0.1, -0.05) is 43.3 Å². The van der Waals surface area contributed by atoms with Gasteiger partial charge in [0.1, 0.15) is 5.66 Å². The Kier molecular flexibility index (Phi) is 4.86. The first-order valence-electron chi connectivity index (χ1n) is 8.51. The van der Waals surface area contributed by atoms with Gasteiger partial charge in [0, 0.05) is 22.8 Å². The van der Waals surface area contributed by atoms with Crippen LogP contribution in [-0.4, -0.2) is 28.2 Å². The average Bonchev–Trinajstić information content (AvgIpc) is 2.91. The minimum atomic E-state index is -0.874. The number of hydrazine groups is 1. The number of carbonyl (C=O) groups is 2. The number of hydrogen-bond donors (Lipinski definition) is 2. The standard InChI is InChI=1S/C20H22N4O2/c1-14-15(2)22-24(19(26)17-12-8-5-9-13-17)20(14,3)23-21-18(25)16-10-6-4-7-11-16/h4-14,23H,1-3H3,(H,21,25). The van der Waals surface area contributed by atoms with Crippen molar-refractivity contribution in [3.63, 3.8) is 0 Å². The maximum absolute atomic E-state index is 12.9. The Labute approximate surface area is 152 Å². The van der Waals surface area contributed by atoms with Crippen molar-refractivity contribution in [2.45, 2.75) is 26.4 Å². The van der Waals surface area contributed by atoms with Crippen molar-refractivity contribution >= 4 is 17.5 Å². The van der Waals surface area contributed by atoms with Crippen LogP contribution in [0, 0.1) is 5.92 Å². The molecule has 0 aromatic heterocycles. The van der Waals surface area contributed by atoms with Crippen molar-refractivity contribution in [2.75, 3.05) is 0 Å². The van der Waals surface area contributed by atoms with Gasteiger partial charge in [0.2, 0.25) is 0 Å². The zero-order valence-electron chi connectivity index (χ0n) is 15.1. The molecule has 2 unspecified atom stereocenters. The fourth-order valence-corrected chi connectivity index (χ4v) is 2.90. The van der Waals surface area contributed by atoms with E-state index in [1.807, 2.05) is 45.0 Å². The smallest absolute Gasteiger partial charge is 0.275 e. The molecule has 1 aliphatic heterocycles. The summed E-state index contributed by atoms with van der Waals surface area (Å²) in [5.41, 5.74) is 6.76. The fraction of sp³-hybridized carbons (Fsp3) is 0.250. The molecular weight excluding hydrogens is 328 g/mol. The average molecular weight is 350 g/mol. The second-order valence-corrected chi connectivity index (χ2v) is 6.54. The predicted octanol–water partition coefficient (Wildman–Crippen LogP) is 2.81. The van der Waals surface area contributed by atoms with E-state index < -0.39 is 5.66 Å². The monoisotopic (exact) mass is 350 g/mol. The highest BCUT2D eigenvalue weighted by Crippen LogP contribution is 2.31. The summed E-state index contributed by atoms with van der Waals surface area (Å²) in [5.74, 6) is -0.569. The minimum absolute atomic E-state index is 0.0776. The molecule has 26 heavy (non-hydrogen) atoms. The van der Waals surface area contributed by atoms with Gasteiger partial charge < -0.3 is 0 Å². The summed E-state index contributed by atoms with van der Waals surface area (Å²) in [5, 5.41) is 5.85. The number of hydrazone groups is 1. The van der Waals surface area contributed by atoms with Crippen LogP contribution < -0.4 is 10.9 Å². The zero-order chi connectivity index (χ0) is 18.7. The summed E-state index contributed by atoms with van der Waals surface area (Å²) < 4.78 is 0. The van der Waals surface area contributed by atoms with E-state index in [2.05, 4.69) is 16.0 Å². The summed E-state index contributed by atoms with van der Waals surface area (Å²) in [6, 6.07) is 17.9. The molecule has 1 heterocycles. The van der Waals surface area contributed by atoms with Gasteiger partial charge in [0.25, 0.3) is 11.8 Å². The summed E-state index contributed by atoms with van der Waals surface area (Å²) in [6.45, 7) is 5.70. The van der Waals surface area contributed by atoms with Crippen LogP contribution >= 0.6 is 0 Å². The molecule has 2 atom stereocenters. The normalized spacial score (nSPS) is 22.0. The van der Waals surface area contributed by atoms with E-state index in [1.54, 1.807) is 36.4 Å². The Balaban J connectivity index is 1.81. The van der Waals surface area contributed by atoms with E-state index >= 15 is 0 Å². The van der Waals surface area contributed by atoms with Crippen LogP contribution in [0.5, 0.6) is 0 Å². The molecule has 0 spiro atoms. The van der Waals surface area contributed by atoms with Crippen LogP contribution in [-0.2, 0) is 0 Å². The molecule has 0 fully saturated rings. The molecule has 0 aliphatic carbocycles. The molecule has 6 nitrogen and oxygen atoms in total. The van der Waals surface area contributed by atoms with Crippen LogP contribution in [0.15, 0.2) is 65.8 Å².